The van der Waals surface area contributed by atoms with E-state index < -0.39 is 0 Å². The number of imidazole rings is 2. The lowest BCUT2D eigenvalue weighted by molar-refractivity contribution is 0.0710. The number of thiophene rings is 1. The van der Waals surface area contributed by atoms with E-state index in [1.54, 1.807) is 11.3 Å². The van der Waals surface area contributed by atoms with E-state index in [0.29, 0.717) is 6.54 Å². The quantitative estimate of drug-likeness (QED) is 0.468. The lowest BCUT2D eigenvalue weighted by Gasteiger charge is -2.31. The second-order valence-corrected chi connectivity index (χ2v) is 9.10. The molecule has 1 N–H and O–H groups in total. The van der Waals surface area contributed by atoms with Crippen LogP contribution in [-0.4, -0.2) is 43.2 Å². The minimum atomic E-state index is 0.104. The Morgan fingerprint density at radius 2 is 2.18 bits per heavy atom. The Kier molecular flexibility index (Phi) is 3.57. The molecule has 140 valence electrons. The molecule has 8 heteroatoms. The third kappa shape index (κ3) is 2.48. The number of thiazole rings is 1. The maximum atomic E-state index is 13.2. The summed E-state index contributed by atoms with van der Waals surface area (Å²) < 4.78 is 2.06. The van der Waals surface area contributed by atoms with Gasteiger partial charge in [-0.1, -0.05) is 12.1 Å². The Hall–Kier alpha value is -2.71. The minimum Gasteiger partial charge on any atom is -0.342 e. The maximum absolute atomic E-state index is 13.2. The van der Waals surface area contributed by atoms with Crippen molar-refractivity contribution in [3.8, 4) is 0 Å². The zero-order valence-electron chi connectivity index (χ0n) is 15.0. The SMILES string of the molecule is O=C(c1cc2c(nc3sccn32)s1)N1CCCC(c2nc3ccccc3[nH]2)C1. The van der Waals surface area contributed by atoms with Gasteiger partial charge >= 0.3 is 0 Å². The largest absolute Gasteiger partial charge is 0.342 e. The molecule has 28 heavy (non-hydrogen) atoms. The van der Waals surface area contributed by atoms with Crippen LogP contribution in [0.3, 0.4) is 0 Å². The van der Waals surface area contributed by atoms with Crippen LogP contribution in [0.5, 0.6) is 0 Å². The number of carbonyl (C=O) groups excluding carboxylic acids is 1. The fourth-order valence-corrected chi connectivity index (χ4v) is 5.83. The van der Waals surface area contributed by atoms with E-state index in [4.69, 9.17) is 4.98 Å². The number of likely N-dealkylation sites (tertiary alicyclic amines) is 1. The smallest absolute Gasteiger partial charge is 0.264 e. The van der Waals surface area contributed by atoms with E-state index in [1.165, 1.54) is 11.3 Å². The number of fused-ring (bicyclic) bond motifs is 4. The first kappa shape index (κ1) is 16.3. The van der Waals surface area contributed by atoms with Gasteiger partial charge in [0.2, 0.25) is 0 Å². The molecular formula is C20H17N5OS2. The van der Waals surface area contributed by atoms with Gasteiger partial charge in [0.05, 0.1) is 21.4 Å². The summed E-state index contributed by atoms with van der Waals surface area (Å²) >= 11 is 3.10. The van der Waals surface area contributed by atoms with Crippen molar-refractivity contribution in [2.75, 3.05) is 13.1 Å². The number of nitrogens with zero attached hydrogens (tertiary/aromatic N) is 4. The average molecular weight is 408 g/mol. The summed E-state index contributed by atoms with van der Waals surface area (Å²) in [5.41, 5.74) is 3.07. The van der Waals surface area contributed by atoms with Crippen molar-refractivity contribution in [1.29, 1.82) is 0 Å². The third-order valence-corrected chi connectivity index (χ3v) is 7.22. The molecule has 1 amide bonds. The van der Waals surface area contributed by atoms with Crippen molar-refractivity contribution in [2.45, 2.75) is 18.8 Å². The maximum Gasteiger partial charge on any atom is 0.264 e. The Morgan fingerprint density at radius 3 is 3.11 bits per heavy atom. The summed E-state index contributed by atoms with van der Waals surface area (Å²) in [5, 5.41) is 2.02. The van der Waals surface area contributed by atoms with E-state index in [1.807, 2.05) is 46.8 Å². The van der Waals surface area contributed by atoms with Crippen LogP contribution in [0.15, 0.2) is 41.9 Å². The normalized spacial score (nSPS) is 17.9. The van der Waals surface area contributed by atoms with Crippen molar-refractivity contribution >= 4 is 54.9 Å². The molecule has 0 bridgehead atoms. The van der Waals surface area contributed by atoms with E-state index >= 15 is 0 Å². The number of hydrogen-bond acceptors (Lipinski definition) is 5. The molecule has 0 aliphatic carbocycles. The van der Waals surface area contributed by atoms with Gasteiger partial charge in [-0.05, 0) is 31.0 Å². The molecule has 5 heterocycles. The minimum absolute atomic E-state index is 0.104. The Labute approximate surface area is 168 Å². The summed E-state index contributed by atoms with van der Waals surface area (Å²) in [6, 6.07) is 10.1. The Morgan fingerprint density at radius 1 is 1.25 bits per heavy atom. The molecule has 1 atom stereocenters. The van der Waals surface area contributed by atoms with Crippen LogP contribution in [0.2, 0.25) is 0 Å². The van der Waals surface area contributed by atoms with E-state index in [-0.39, 0.29) is 11.8 Å². The highest BCUT2D eigenvalue weighted by molar-refractivity contribution is 7.21. The number of benzene rings is 1. The molecule has 0 spiro atoms. The molecule has 1 aromatic carbocycles. The molecule has 1 unspecified atom stereocenters. The highest BCUT2D eigenvalue weighted by Crippen LogP contribution is 2.32. The fourth-order valence-electron chi connectivity index (χ4n) is 4.06. The van der Waals surface area contributed by atoms with Crippen LogP contribution in [0.25, 0.3) is 26.3 Å². The topological polar surface area (TPSA) is 66.3 Å². The second kappa shape index (κ2) is 6.15. The van der Waals surface area contributed by atoms with Crippen molar-refractivity contribution in [2.24, 2.45) is 0 Å². The molecule has 4 aromatic heterocycles. The zero-order chi connectivity index (χ0) is 18.7. The van der Waals surface area contributed by atoms with Gasteiger partial charge in [-0.25, -0.2) is 9.97 Å². The molecular weight excluding hydrogens is 390 g/mol. The number of nitrogens with one attached hydrogen (secondary N) is 1. The first-order valence-corrected chi connectivity index (χ1v) is 11.0. The van der Waals surface area contributed by atoms with Gasteiger partial charge in [-0.2, -0.15) is 0 Å². The van der Waals surface area contributed by atoms with Gasteiger partial charge < -0.3 is 9.88 Å². The van der Waals surface area contributed by atoms with Crippen molar-refractivity contribution in [3.63, 3.8) is 0 Å². The van der Waals surface area contributed by atoms with E-state index in [9.17, 15) is 4.79 Å². The van der Waals surface area contributed by atoms with Crippen molar-refractivity contribution in [3.05, 3.63) is 52.6 Å². The van der Waals surface area contributed by atoms with Crippen LogP contribution < -0.4 is 0 Å². The van der Waals surface area contributed by atoms with Crippen LogP contribution in [0.1, 0.15) is 34.3 Å². The first-order valence-electron chi connectivity index (χ1n) is 9.35. The molecule has 1 aliphatic rings. The highest BCUT2D eigenvalue weighted by atomic mass is 32.1. The fraction of sp³-hybridized carbons (Fsp3) is 0.250. The van der Waals surface area contributed by atoms with Crippen LogP contribution in [0, 0.1) is 0 Å². The lowest BCUT2D eigenvalue weighted by atomic mass is 9.97. The van der Waals surface area contributed by atoms with Crippen LogP contribution in [-0.2, 0) is 0 Å². The van der Waals surface area contributed by atoms with Crippen molar-refractivity contribution in [1.82, 2.24) is 24.3 Å². The average Bonchev–Trinajstić information content (AvgIpc) is 3.47. The molecule has 6 rings (SSSR count). The molecule has 0 saturated carbocycles. The standard InChI is InChI=1S/C20H17N5OS2/c26-19(16-10-15-18(28-16)23-20-25(15)8-9-27-20)24-7-3-4-12(11-24)17-21-13-5-1-2-6-14(13)22-17/h1-2,5-6,8-10,12H,3-4,7,11H2,(H,21,22). The summed E-state index contributed by atoms with van der Waals surface area (Å²) in [6.07, 6.45) is 4.05. The Balaban J connectivity index is 1.28. The predicted molar refractivity (Wildman–Crippen MR) is 112 cm³/mol. The molecule has 1 saturated heterocycles. The monoisotopic (exact) mass is 407 g/mol. The molecule has 1 aliphatic heterocycles. The highest BCUT2D eigenvalue weighted by Gasteiger charge is 2.28. The van der Waals surface area contributed by atoms with E-state index in [2.05, 4.69) is 14.4 Å². The summed E-state index contributed by atoms with van der Waals surface area (Å²) in [5.74, 6) is 1.34. The summed E-state index contributed by atoms with van der Waals surface area (Å²) in [7, 11) is 0. The first-order chi connectivity index (χ1) is 13.8. The summed E-state index contributed by atoms with van der Waals surface area (Å²) in [4.78, 5) is 30.6. The lowest BCUT2D eigenvalue weighted by Crippen LogP contribution is -2.39. The number of H-pyrrole nitrogens is 1. The third-order valence-electron chi connectivity index (χ3n) is 5.45. The van der Waals surface area contributed by atoms with Gasteiger partial charge in [-0.15, -0.1) is 22.7 Å². The molecule has 0 radical (unpaired) electrons. The number of rotatable bonds is 2. The molecule has 1 fully saturated rings. The van der Waals surface area contributed by atoms with Gasteiger partial charge in [0, 0.05) is 30.6 Å². The second-order valence-electron chi connectivity index (χ2n) is 7.20. The number of aromatic amines is 1. The number of carbonyl (C=O) groups is 1. The van der Waals surface area contributed by atoms with Crippen LogP contribution in [0.4, 0.5) is 0 Å². The van der Waals surface area contributed by atoms with Gasteiger partial charge in [-0.3, -0.25) is 9.20 Å². The number of para-hydroxylation sites is 2. The van der Waals surface area contributed by atoms with Gasteiger partial charge in [0.1, 0.15) is 10.7 Å². The number of hydrogen-bond donors (Lipinski definition) is 1. The van der Waals surface area contributed by atoms with Gasteiger partial charge in [0.25, 0.3) is 5.91 Å². The zero-order valence-corrected chi connectivity index (χ0v) is 16.6. The molecule has 5 aromatic rings. The predicted octanol–water partition coefficient (Wildman–Crippen LogP) is 4.51. The number of amides is 1. The summed E-state index contributed by atoms with van der Waals surface area (Å²) in [6.45, 7) is 1.50. The van der Waals surface area contributed by atoms with E-state index in [0.717, 1.165) is 56.4 Å². The van der Waals surface area contributed by atoms with Crippen molar-refractivity contribution < 1.29 is 4.79 Å². The number of piperidine rings is 1. The van der Waals surface area contributed by atoms with Crippen LogP contribution >= 0.6 is 22.7 Å². The number of aromatic nitrogens is 4. The molecule has 6 nitrogen and oxygen atoms in total. The van der Waals surface area contributed by atoms with Gasteiger partial charge in [0.15, 0.2) is 4.96 Å². The Bertz CT molecular complexity index is 1290.